The first-order valence-electron chi connectivity index (χ1n) is 8.67. The summed E-state index contributed by atoms with van der Waals surface area (Å²) in [5.41, 5.74) is 15.4. The Hall–Kier alpha value is -3.69. The summed E-state index contributed by atoms with van der Waals surface area (Å²) in [5.74, 6) is -2.04. The monoisotopic (exact) mass is 424 g/mol. The Morgan fingerprint density at radius 2 is 1.33 bits per heavy atom. The lowest BCUT2D eigenvalue weighted by Gasteiger charge is -2.12. The van der Waals surface area contributed by atoms with Crippen LogP contribution < -0.4 is 17.2 Å². The zero-order valence-corrected chi connectivity index (χ0v) is 17.9. The minimum atomic E-state index is -0.464. The number of primary amides is 3. The molecular weight excluding hydrogens is 392 g/mol. The van der Waals surface area contributed by atoms with E-state index in [-0.39, 0.29) is 18.4 Å². The molecule has 0 aromatic carbocycles. The lowest BCUT2D eigenvalue weighted by atomic mass is 10.2. The first kappa shape index (κ1) is 31.0. The number of carbonyl (C=O) groups is 5. The van der Waals surface area contributed by atoms with Crippen molar-refractivity contribution < 1.29 is 28.7 Å². The predicted octanol–water partition coefficient (Wildman–Crippen LogP) is 0.0913. The van der Waals surface area contributed by atoms with E-state index in [0.29, 0.717) is 12.8 Å². The molecule has 6 N–H and O–H groups in total. The maximum absolute atomic E-state index is 10.8. The molecule has 168 valence electrons. The summed E-state index contributed by atoms with van der Waals surface area (Å²) in [6.45, 7) is 6.88. The first-order valence-corrected chi connectivity index (χ1v) is 8.67. The van der Waals surface area contributed by atoms with Crippen molar-refractivity contribution in [3.05, 3.63) is 48.6 Å². The van der Waals surface area contributed by atoms with Crippen molar-refractivity contribution in [1.29, 1.82) is 0 Å². The molecule has 0 aromatic heterocycles. The van der Waals surface area contributed by atoms with Crippen LogP contribution in [0.5, 0.6) is 0 Å². The number of hydrogen-bond donors (Lipinski definition) is 3. The number of likely N-dealkylation sites (N-methyl/N-ethyl adjacent to an activating group) is 1. The third kappa shape index (κ3) is 29.1. The van der Waals surface area contributed by atoms with Crippen LogP contribution >= 0.6 is 0 Å². The Morgan fingerprint density at radius 3 is 1.57 bits per heavy atom. The van der Waals surface area contributed by atoms with Gasteiger partial charge in [0.05, 0.1) is 7.11 Å². The Kier molecular flexibility index (Phi) is 20.7. The van der Waals surface area contributed by atoms with Gasteiger partial charge in [-0.3, -0.25) is 24.0 Å². The minimum Gasteiger partial charge on any atom is -0.468 e. The Labute approximate surface area is 177 Å². The largest absolute Gasteiger partial charge is 0.468 e. The van der Waals surface area contributed by atoms with Gasteiger partial charge in [-0.15, -0.1) is 0 Å². The van der Waals surface area contributed by atoms with Crippen LogP contribution in [0.3, 0.4) is 0 Å². The molecule has 0 aliphatic carbocycles. The highest BCUT2D eigenvalue weighted by atomic mass is 16.5. The van der Waals surface area contributed by atoms with Crippen LogP contribution in [0.2, 0.25) is 0 Å². The molecule has 0 rings (SSSR count). The van der Waals surface area contributed by atoms with Crippen molar-refractivity contribution in [2.45, 2.75) is 26.7 Å². The highest BCUT2D eigenvalue weighted by Crippen LogP contribution is 1.91. The lowest BCUT2D eigenvalue weighted by Crippen LogP contribution is -2.31. The van der Waals surface area contributed by atoms with Crippen LogP contribution in [0.4, 0.5) is 0 Å². The topological polar surface area (TPSA) is 176 Å². The fourth-order valence-electron chi connectivity index (χ4n) is 1.37. The van der Waals surface area contributed by atoms with E-state index >= 15 is 0 Å². The number of nitrogens with two attached hydrogens (primary N) is 3. The number of allylic oxidation sites excluding steroid dienone is 3. The van der Waals surface area contributed by atoms with E-state index in [9.17, 15) is 24.0 Å². The van der Waals surface area contributed by atoms with Gasteiger partial charge < -0.3 is 26.8 Å². The number of carbonyl (C=O) groups excluding carboxylic acids is 5. The number of esters is 1. The molecule has 0 saturated carbocycles. The van der Waals surface area contributed by atoms with Gasteiger partial charge in [0.15, 0.2) is 0 Å². The molecule has 0 atom stereocenters. The molecule has 4 amide bonds. The van der Waals surface area contributed by atoms with Gasteiger partial charge in [0.1, 0.15) is 6.54 Å². The molecule has 10 nitrogen and oxygen atoms in total. The van der Waals surface area contributed by atoms with E-state index < -0.39 is 17.8 Å². The summed E-state index contributed by atoms with van der Waals surface area (Å²) < 4.78 is 4.35. The second-order valence-corrected chi connectivity index (χ2v) is 5.79. The summed E-state index contributed by atoms with van der Waals surface area (Å²) in [5, 5.41) is 0. The van der Waals surface area contributed by atoms with Crippen LogP contribution in [0.1, 0.15) is 26.7 Å². The van der Waals surface area contributed by atoms with Crippen LogP contribution in [0.15, 0.2) is 48.6 Å². The summed E-state index contributed by atoms with van der Waals surface area (Å²) >= 11 is 0. The minimum absolute atomic E-state index is 0.0403. The second kappa shape index (κ2) is 20.1. The van der Waals surface area contributed by atoms with E-state index in [2.05, 4.69) is 11.3 Å². The maximum Gasteiger partial charge on any atom is 0.325 e. The second-order valence-electron chi connectivity index (χ2n) is 5.79. The lowest BCUT2D eigenvalue weighted by molar-refractivity contribution is -0.144. The SMILES string of the molecule is C=CC(=O)N(C)CC(=O)OC.CC(C)=CC(N)=O.NC(=O)C=CCCC=CC(N)=O. The van der Waals surface area contributed by atoms with Gasteiger partial charge in [-0.25, -0.2) is 0 Å². The average Bonchev–Trinajstić information content (AvgIpc) is 2.63. The van der Waals surface area contributed by atoms with Crippen LogP contribution in [0, 0.1) is 0 Å². The molecule has 0 bridgehead atoms. The average molecular weight is 424 g/mol. The van der Waals surface area contributed by atoms with E-state index in [0.717, 1.165) is 11.6 Å². The molecule has 0 aromatic rings. The fourth-order valence-corrected chi connectivity index (χ4v) is 1.37. The molecular formula is C20H32N4O6. The number of ether oxygens (including phenoxy) is 1. The highest BCUT2D eigenvalue weighted by Gasteiger charge is 2.08. The number of hydrogen-bond acceptors (Lipinski definition) is 6. The molecule has 0 heterocycles. The summed E-state index contributed by atoms with van der Waals surface area (Å²) in [4.78, 5) is 52.9. The van der Waals surface area contributed by atoms with E-state index in [1.807, 2.05) is 13.8 Å². The van der Waals surface area contributed by atoms with Crippen molar-refractivity contribution in [2.24, 2.45) is 17.2 Å². The van der Waals surface area contributed by atoms with Crippen molar-refractivity contribution in [3.63, 3.8) is 0 Å². The van der Waals surface area contributed by atoms with Crippen molar-refractivity contribution >= 4 is 29.6 Å². The Morgan fingerprint density at radius 1 is 0.900 bits per heavy atom. The number of rotatable bonds is 9. The van der Waals surface area contributed by atoms with Gasteiger partial charge >= 0.3 is 5.97 Å². The van der Waals surface area contributed by atoms with Gasteiger partial charge in [-0.05, 0) is 44.9 Å². The van der Waals surface area contributed by atoms with E-state index in [1.165, 1.54) is 37.3 Å². The third-order valence-electron chi connectivity index (χ3n) is 2.64. The quantitative estimate of drug-likeness (QED) is 0.268. The van der Waals surface area contributed by atoms with E-state index in [4.69, 9.17) is 17.2 Å². The van der Waals surface area contributed by atoms with E-state index in [1.54, 1.807) is 12.2 Å². The number of unbranched alkanes of at least 4 members (excludes halogenated alkanes) is 1. The molecule has 10 heteroatoms. The zero-order chi connectivity index (χ0) is 24.1. The van der Waals surface area contributed by atoms with Crippen molar-refractivity contribution in [1.82, 2.24) is 4.90 Å². The zero-order valence-electron chi connectivity index (χ0n) is 17.9. The Balaban J connectivity index is -0.000000378. The molecule has 0 unspecified atom stereocenters. The molecule has 0 radical (unpaired) electrons. The van der Waals surface area contributed by atoms with Crippen molar-refractivity contribution in [3.8, 4) is 0 Å². The summed E-state index contributed by atoms with van der Waals surface area (Å²) in [7, 11) is 2.77. The van der Waals surface area contributed by atoms with Gasteiger partial charge in [0.25, 0.3) is 0 Å². The molecule has 0 fully saturated rings. The smallest absolute Gasteiger partial charge is 0.325 e. The van der Waals surface area contributed by atoms with Crippen molar-refractivity contribution in [2.75, 3.05) is 20.7 Å². The van der Waals surface area contributed by atoms with Gasteiger partial charge in [-0.1, -0.05) is 24.3 Å². The molecule has 0 saturated heterocycles. The van der Waals surface area contributed by atoms with Gasteiger partial charge in [0, 0.05) is 13.1 Å². The van der Waals surface area contributed by atoms with Gasteiger partial charge in [0.2, 0.25) is 23.6 Å². The fraction of sp³-hybridized carbons (Fsp3) is 0.350. The van der Waals surface area contributed by atoms with Crippen LogP contribution in [-0.2, 0) is 28.7 Å². The molecule has 30 heavy (non-hydrogen) atoms. The maximum atomic E-state index is 10.8. The van der Waals surface area contributed by atoms with Crippen LogP contribution in [0.25, 0.3) is 0 Å². The first-order chi connectivity index (χ1) is 13.9. The molecule has 0 aliphatic rings. The molecule has 0 aliphatic heterocycles. The normalized spacial score (nSPS) is 9.33. The number of nitrogens with zero attached hydrogens (tertiary/aromatic N) is 1. The Bertz CT molecular complexity index is 653. The summed E-state index contributed by atoms with van der Waals surface area (Å²) in [6.07, 6.45) is 9.75. The predicted molar refractivity (Wildman–Crippen MR) is 114 cm³/mol. The van der Waals surface area contributed by atoms with Crippen LogP contribution in [-0.4, -0.2) is 55.2 Å². The highest BCUT2D eigenvalue weighted by molar-refractivity contribution is 5.89. The number of methoxy groups -OCH3 is 1. The standard InChI is InChI=1S/C8H12N2O2.C7H11NO3.C5H9NO/c9-7(11)5-3-1-2-4-6-8(10)12;1-4-6(9)8(2)5-7(10)11-3;1-4(2)3-5(6)7/h3-6H,1-2H2,(H2,9,11)(H2,10,12);4H,1,5H2,2-3H3;3H,1-2H3,(H2,6,7). The third-order valence-corrected chi connectivity index (χ3v) is 2.64. The number of amides is 4. The summed E-state index contributed by atoms with van der Waals surface area (Å²) in [6, 6.07) is 0. The molecule has 0 spiro atoms. The van der Waals surface area contributed by atoms with Gasteiger partial charge in [-0.2, -0.15) is 0 Å².